The molecule has 0 aromatic heterocycles. The summed E-state index contributed by atoms with van der Waals surface area (Å²) in [6.07, 6.45) is 0. The number of carbonyl (C=O) groups excluding carboxylic acids is 2. The number of carbonyl (C=O) groups is 2. The Hall–Kier alpha value is -3.64. The first-order valence-electron chi connectivity index (χ1n) is 10.1. The Morgan fingerprint density at radius 3 is 2.31 bits per heavy atom. The van der Waals surface area contributed by atoms with Crippen molar-refractivity contribution in [2.45, 2.75) is 17.1 Å². The quantitative estimate of drug-likeness (QED) is 0.341. The van der Waals surface area contributed by atoms with Crippen LogP contribution in [0, 0.1) is 5.82 Å². The van der Waals surface area contributed by atoms with Crippen LogP contribution in [0.25, 0.3) is 10.8 Å². The number of nitrogens with one attached hydrogen (secondary N) is 2. The summed E-state index contributed by atoms with van der Waals surface area (Å²) in [4.78, 5) is 26.0. The molecule has 1 atom stereocenters. The van der Waals surface area contributed by atoms with Crippen molar-refractivity contribution in [2.75, 3.05) is 10.6 Å². The van der Waals surface area contributed by atoms with Crippen molar-refractivity contribution in [2.24, 2.45) is 0 Å². The second-order valence-corrected chi connectivity index (χ2v) is 8.71. The number of thioether (sulfide) groups is 1. The van der Waals surface area contributed by atoms with Gasteiger partial charge in [0.05, 0.1) is 5.25 Å². The molecule has 0 aliphatic heterocycles. The van der Waals surface area contributed by atoms with E-state index in [0.29, 0.717) is 16.9 Å². The van der Waals surface area contributed by atoms with Crippen molar-refractivity contribution < 1.29 is 14.0 Å². The van der Waals surface area contributed by atoms with Crippen LogP contribution in [0.15, 0.2) is 95.9 Å². The van der Waals surface area contributed by atoms with Crippen molar-refractivity contribution >= 4 is 45.7 Å². The Balaban J connectivity index is 1.40. The average Bonchev–Trinajstić information content (AvgIpc) is 2.80. The molecule has 0 radical (unpaired) electrons. The van der Waals surface area contributed by atoms with Crippen molar-refractivity contribution in [1.29, 1.82) is 0 Å². The maximum absolute atomic E-state index is 13.0. The van der Waals surface area contributed by atoms with Crippen molar-refractivity contribution in [3.63, 3.8) is 0 Å². The minimum atomic E-state index is -0.383. The first-order valence-corrected chi connectivity index (χ1v) is 11.0. The minimum absolute atomic E-state index is 0.188. The van der Waals surface area contributed by atoms with E-state index in [0.717, 1.165) is 15.7 Å². The molecular formula is C26H21FN2O2S. The highest BCUT2D eigenvalue weighted by atomic mass is 32.2. The second-order valence-electron chi connectivity index (χ2n) is 7.30. The van der Waals surface area contributed by atoms with E-state index in [1.807, 2.05) is 60.7 Å². The van der Waals surface area contributed by atoms with Crippen molar-refractivity contribution in [3.8, 4) is 0 Å². The van der Waals surface area contributed by atoms with E-state index in [9.17, 15) is 14.0 Å². The highest BCUT2D eigenvalue weighted by Crippen LogP contribution is 2.27. The molecule has 2 N–H and O–H groups in total. The second kappa shape index (κ2) is 9.66. The molecular weight excluding hydrogens is 423 g/mol. The van der Waals surface area contributed by atoms with Crippen LogP contribution in [0.5, 0.6) is 0 Å². The fraction of sp³-hybridized carbons (Fsp3) is 0.0769. The zero-order valence-corrected chi connectivity index (χ0v) is 18.2. The summed E-state index contributed by atoms with van der Waals surface area (Å²) in [7, 11) is 0. The van der Waals surface area contributed by atoms with Crippen LogP contribution in [-0.4, -0.2) is 17.1 Å². The van der Waals surface area contributed by atoms with Gasteiger partial charge >= 0.3 is 0 Å². The lowest BCUT2D eigenvalue weighted by Gasteiger charge is -2.13. The molecule has 0 saturated heterocycles. The van der Waals surface area contributed by atoms with Crippen molar-refractivity contribution in [3.05, 3.63) is 102 Å². The van der Waals surface area contributed by atoms with Crippen LogP contribution < -0.4 is 10.6 Å². The summed E-state index contributed by atoms with van der Waals surface area (Å²) in [5, 5.41) is 7.40. The third kappa shape index (κ3) is 5.34. The molecule has 32 heavy (non-hydrogen) atoms. The Labute approximate surface area is 189 Å². The zero-order chi connectivity index (χ0) is 22.5. The lowest BCUT2D eigenvalue weighted by atomic mass is 10.1. The Bertz CT molecular complexity index is 1270. The molecule has 2 amide bonds. The largest absolute Gasteiger partial charge is 0.325 e. The topological polar surface area (TPSA) is 58.2 Å². The van der Waals surface area contributed by atoms with Gasteiger partial charge in [-0.15, -0.1) is 11.8 Å². The molecule has 4 nitrogen and oxygen atoms in total. The number of amides is 2. The number of rotatable bonds is 6. The zero-order valence-electron chi connectivity index (χ0n) is 17.3. The standard InChI is InChI=1S/C26H21FN2O2S/c1-17(25(30)28-22-13-11-21(27)12-14-22)32-24-8-4-7-23(16-24)29-26(31)20-10-9-18-5-2-3-6-19(18)15-20/h2-17H,1H3,(H,28,30)(H,29,31). The van der Waals surface area contributed by atoms with Gasteiger partial charge in [-0.1, -0.05) is 36.4 Å². The first-order chi connectivity index (χ1) is 15.5. The van der Waals surface area contributed by atoms with E-state index in [-0.39, 0.29) is 22.9 Å². The summed E-state index contributed by atoms with van der Waals surface area (Å²) in [6, 6.07) is 26.5. The van der Waals surface area contributed by atoms with Gasteiger partial charge in [0, 0.05) is 21.8 Å². The normalized spacial score (nSPS) is 11.7. The summed E-state index contributed by atoms with van der Waals surface area (Å²) in [5.41, 5.74) is 1.77. The maximum atomic E-state index is 13.0. The van der Waals surface area contributed by atoms with E-state index in [1.54, 1.807) is 13.0 Å². The first kappa shape index (κ1) is 21.6. The molecule has 4 aromatic carbocycles. The van der Waals surface area contributed by atoms with E-state index in [1.165, 1.54) is 36.0 Å². The van der Waals surface area contributed by atoms with Crippen LogP contribution >= 0.6 is 11.8 Å². The Morgan fingerprint density at radius 2 is 1.53 bits per heavy atom. The fourth-order valence-electron chi connectivity index (χ4n) is 3.22. The fourth-order valence-corrected chi connectivity index (χ4v) is 4.14. The van der Waals surface area contributed by atoms with Crippen LogP contribution in [0.4, 0.5) is 15.8 Å². The molecule has 0 saturated carbocycles. The number of hydrogen-bond donors (Lipinski definition) is 2. The van der Waals surface area contributed by atoms with Gasteiger partial charge in [0.2, 0.25) is 5.91 Å². The molecule has 1 unspecified atom stereocenters. The molecule has 0 spiro atoms. The number of benzene rings is 4. The van der Waals surface area contributed by atoms with Gasteiger partial charge in [-0.05, 0) is 72.3 Å². The van der Waals surface area contributed by atoms with Gasteiger partial charge < -0.3 is 10.6 Å². The maximum Gasteiger partial charge on any atom is 0.255 e. The third-order valence-corrected chi connectivity index (χ3v) is 5.99. The molecule has 160 valence electrons. The monoisotopic (exact) mass is 444 g/mol. The molecule has 0 fully saturated rings. The predicted octanol–water partition coefficient (Wildman–Crippen LogP) is 6.35. The third-order valence-electron chi connectivity index (χ3n) is 4.90. The lowest BCUT2D eigenvalue weighted by molar-refractivity contribution is -0.115. The summed E-state index contributed by atoms with van der Waals surface area (Å²) < 4.78 is 13.0. The summed E-state index contributed by atoms with van der Waals surface area (Å²) in [6.45, 7) is 1.80. The number of halogens is 1. The SMILES string of the molecule is CC(Sc1cccc(NC(=O)c2ccc3ccccc3c2)c1)C(=O)Nc1ccc(F)cc1. The van der Waals surface area contributed by atoms with E-state index < -0.39 is 0 Å². The molecule has 0 aliphatic carbocycles. The highest BCUT2D eigenvalue weighted by Gasteiger charge is 2.15. The van der Waals surface area contributed by atoms with Gasteiger partial charge in [-0.2, -0.15) is 0 Å². The molecule has 0 aliphatic rings. The molecule has 0 heterocycles. The number of fused-ring (bicyclic) bond motifs is 1. The molecule has 4 aromatic rings. The average molecular weight is 445 g/mol. The van der Waals surface area contributed by atoms with Gasteiger partial charge in [0.15, 0.2) is 0 Å². The smallest absolute Gasteiger partial charge is 0.255 e. The van der Waals surface area contributed by atoms with E-state index >= 15 is 0 Å². The molecule has 6 heteroatoms. The van der Waals surface area contributed by atoms with E-state index in [2.05, 4.69) is 10.6 Å². The Morgan fingerprint density at radius 1 is 0.781 bits per heavy atom. The van der Waals surface area contributed by atoms with E-state index in [4.69, 9.17) is 0 Å². The summed E-state index contributed by atoms with van der Waals surface area (Å²) >= 11 is 1.38. The number of anilines is 2. The number of hydrogen-bond acceptors (Lipinski definition) is 3. The Kier molecular flexibility index (Phi) is 6.52. The predicted molar refractivity (Wildman–Crippen MR) is 129 cm³/mol. The summed E-state index contributed by atoms with van der Waals surface area (Å²) in [5.74, 6) is -0.736. The van der Waals surface area contributed by atoms with Crippen LogP contribution in [0.3, 0.4) is 0 Å². The lowest BCUT2D eigenvalue weighted by Crippen LogP contribution is -2.22. The minimum Gasteiger partial charge on any atom is -0.325 e. The van der Waals surface area contributed by atoms with Gasteiger partial charge in [0.25, 0.3) is 5.91 Å². The van der Waals surface area contributed by atoms with Crippen molar-refractivity contribution in [1.82, 2.24) is 0 Å². The van der Waals surface area contributed by atoms with Gasteiger partial charge in [0.1, 0.15) is 5.82 Å². The van der Waals surface area contributed by atoms with Crippen LogP contribution in [0.2, 0.25) is 0 Å². The van der Waals surface area contributed by atoms with Gasteiger partial charge in [-0.25, -0.2) is 4.39 Å². The van der Waals surface area contributed by atoms with Crippen LogP contribution in [0.1, 0.15) is 17.3 Å². The molecule has 0 bridgehead atoms. The highest BCUT2D eigenvalue weighted by molar-refractivity contribution is 8.00. The molecule has 4 rings (SSSR count). The van der Waals surface area contributed by atoms with Crippen LogP contribution in [-0.2, 0) is 4.79 Å². The van der Waals surface area contributed by atoms with Gasteiger partial charge in [-0.3, -0.25) is 9.59 Å².